The average Bonchev–Trinajstić information content (AvgIpc) is 3.15. The fraction of sp³-hybridized carbons (Fsp3) is 0.500. The van der Waals surface area contributed by atoms with Gasteiger partial charge in [0.05, 0.1) is 0 Å². The maximum absolute atomic E-state index is 3.00. The molecule has 0 spiro atoms. The zero-order chi connectivity index (χ0) is 14.7. The molecule has 0 aromatic carbocycles. The van der Waals surface area contributed by atoms with Crippen molar-refractivity contribution < 1.29 is 23.2 Å². The summed E-state index contributed by atoms with van der Waals surface area (Å²) in [5.41, 5.74) is 3.73. The molecule has 4 atom stereocenters. The van der Waals surface area contributed by atoms with E-state index in [1.807, 2.05) is 11.1 Å². The van der Waals surface area contributed by atoms with Gasteiger partial charge in [0.2, 0.25) is 0 Å². The van der Waals surface area contributed by atoms with E-state index in [1.165, 1.54) is 38.5 Å². The average molecular weight is 358 g/mol. The second-order valence-electron chi connectivity index (χ2n) is 6.48. The minimum atomic E-state index is -0.287. The predicted octanol–water partition coefficient (Wildman–Crippen LogP) is 6.04. The van der Waals surface area contributed by atoms with Crippen LogP contribution in [-0.4, -0.2) is 0 Å². The molecule has 1 heteroatoms. The molecule has 0 amide bonds. The Hall–Kier alpha value is -0.417. The van der Waals surface area contributed by atoms with E-state index >= 15 is 0 Å². The summed E-state index contributed by atoms with van der Waals surface area (Å²) in [6.07, 6.45) is 23.0. The van der Waals surface area contributed by atoms with Crippen LogP contribution in [0.3, 0.4) is 0 Å². The van der Waals surface area contributed by atoms with Crippen molar-refractivity contribution in [2.24, 2.45) is 11.8 Å². The van der Waals surface area contributed by atoms with Crippen molar-refractivity contribution in [3.05, 3.63) is 60.8 Å². The van der Waals surface area contributed by atoms with Gasteiger partial charge < -0.3 is 0 Å². The molecule has 0 heterocycles. The van der Waals surface area contributed by atoms with Crippen molar-refractivity contribution in [3.63, 3.8) is 0 Å². The summed E-state index contributed by atoms with van der Waals surface area (Å²) in [5.74, 6) is 1.88. The van der Waals surface area contributed by atoms with E-state index in [4.69, 9.17) is 0 Å². The van der Waals surface area contributed by atoms with E-state index in [2.05, 4.69) is 49.6 Å². The van der Waals surface area contributed by atoms with Crippen LogP contribution in [0.15, 0.2) is 60.8 Å². The summed E-state index contributed by atoms with van der Waals surface area (Å²) in [6.45, 7) is 6.00. The van der Waals surface area contributed by atoms with Crippen LogP contribution >= 0.6 is 0 Å². The van der Waals surface area contributed by atoms with Gasteiger partial charge in [-0.3, -0.25) is 0 Å². The van der Waals surface area contributed by atoms with Crippen LogP contribution in [0.4, 0.5) is 0 Å². The summed E-state index contributed by atoms with van der Waals surface area (Å²) >= 11 is -0.287. The molecular weight excluding hydrogens is 331 g/mol. The fourth-order valence-electron chi connectivity index (χ4n) is 4.43. The van der Waals surface area contributed by atoms with Crippen molar-refractivity contribution in [1.29, 1.82) is 0 Å². The molecule has 0 nitrogen and oxygen atoms in total. The first-order valence-electron chi connectivity index (χ1n) is 8.41. The zero-order valence-corrected chi connectivity index (χ0v) is 15.4. The van der Waals surface area contributed by atoms with Crippen LogP contribution < -0.4 is 0 Å². The monoisotopic (exact) mass is 356 g/mol. The van der Waals surface area contributed by atoms with Crippen molar-refractivity contribution in [3.8, 4) is 0 Å². The molecule has 0 aromatic heterocycles. The molecule has 0 saturated heterocycles. The third-order valence-corrected chi connectivity index (χ3v) is 10.5. The van der Waals surface area contributed by atoms with E-state index in [9.17, 15) is 0 Å². The normalized spacial score (nSPS) is 36.0. The third kappa shape index (κ3) is 3.19. The van der Waals surface area contributed by atoms with Crippen LogP contribution in [0, 0.1) is 11.8 Å². The Labute approximate surface area is 141 Å². The predicted molar refractivity (Wildman–Crippen MR) is 87.9 cm³/mol. The van der Waals surface area contributed by atoms with Crippen molar-refractivity contribution >= 4 is 0 Å². The van der Waals surface area contributed by atoms with E-state index in [0.717, 1.165) is 19.1 Å². The zero-order valence-electron chi connectivity index (χ0n) is 12.9. The Morgan fingerprint density at radius 2 is 1.24 bits per heavy atom. The fourth-order valence-corrected chi connectivity index (χ4v) is 9.84. The molecule has 0 radical (unpaired) electrons. The maximum atomic E-state index is 3.00. The van der Waals surface area contributed by atoms with E-state index < -0.39 is 0 Å². The molecule has 4 rings (SSSR count). The summed E-state index contributed by atoms with van der Waals surface area (Å²) in [5, 5.41) is 0. The largest absolute Gasteiger partial charge is 0.106 e. The summed E-state index contributed by atoms with van der Waals surface area (Å²) in [7, 11) is 0. The van der Waals surface area contributed by atoms with Gasteiger partial charge in [-0.2, -0.15) is 0 Å². The van der Waals surface area contributed by atoms with Crippen LogP contribution in [0.5, 0.6) is 0 Å². The Balaban J connectivity index is 0.000000636. The number of fused-ring (bicyclic) bond motifs is 2. The number of allylic oxidation sites excluding steroid dienone is 8. The summed E-state index contributed by atoms with van der Waals surface area (Å²) in [4.78, 5) is 0. The van der Waals surface area contributed by atoms with Gasteiger partial charge in [0.15, 0.2) is 0 Å². The molecule has 0 aromatic rings. The quantitative estimate of drug-likeness (QED) is 0.528. The van der Waals surface area contributed by atoms with Crippen LogP contribution in [-0.2, 0) is 23.2 Å². The molecule has 0 bridgehead atoms. The van der Waals surface area contributed by atoms with E-state index in [-0.39, 0.29) is 23.2 Å². The van der Waals surface area contributed by atoms with E-state index in [0.29, 0.717) is 0 Å². The second-order valence-corrected chi connectivity index (χ2v) is 10.7. The molecule has 0 aliphatic heterocycles. The Kier molecular flexibility index (Phi) is 5.33. The van der Waals surface area contributed by atoms with Gasteiger partial charge in [-0.1, -0.05) is 0 Å². The van der Waals surface area contributed by atoms with Crippen LogP contribution in [0.2, 0.25) is 7.25 Å². The van der Waals surface area contributed by atoms with Crippen LogP contribution in [0.1, 0.15) is 38.5 Å². The Morgan fingerprint density at radius 3 is 1.71 bits per heavy atom. The Bertz CT molecular complexity index is 450. The molecule has 2 saturated carbocycles. The standard InChI is InChI=1S/2C9H11.C2H4.Zr/c2*1-2-5-9-7-3-6-8(9)4-1;1-2;/h2*1-2,4,6,9H,3,5,7H2;1-2H2;. The summed E-state index contributed by atoms with van der Waals surface area (Å²) in [6, 6.07) is 0. The third-order valence-electron chi connectivity index (χ3n) is 5.45. The van der Waals surface area contributed by atoms with Gasteiger partial charge in [0.1, 0.15) is 0 Å². The van der Waals surface area contributed by atoms with Gasteiger partial charge >= 0.3 is 128 Å². The SMILES string of the molecule is C1=CCC2CC[CH]([Zr][CH]3CCC4CC=CC=C43)C2=C1.C=C. The van der Waals surface area contributed by atoms with E-state index in [1.54, 1.807) is 0 Å². The minimum absolute atomic E-state index is 0.287. The van der Waals surface area contributed by atoms with Gasteiger partial charge in [-0.05, 0) is 0 Å². The molecule has 4 aliphatic rings. The maximum Gasteiger partial charge on any atom is -0.106 e. The molecule has 110 valence electrons. The van der Waals surface area contributed by atoms with Crippen molar-refractivity contribution in [1.82, 2.24) is 0 Å². The smallest absolute Gasteiger partial charge is 0.106 e. The molecule has 0 N–H and O–H groups in total. The number of hydrogen-bond donors (Lipinski definition) is 0. The van der Waals surface area contributed by atoms with Gasteiger partial charge in [-0.25, -0.2) is 0 Å². The van der Waals surface area contributed by atoms with Crippen molar-refractivity contribution in [2.45, 2.75) is 45.8 Å². The Morgan fingerprint density at radius 1 is 0.762 bits per heavy atom. The number of hydrogen-bond acceptors (Lipinski definition) is 0. The van der Waals surface area contributed by atoms with Crippen molar-refractivity contribution in [2.75, 3.05) is 0 Å². The first kappa shape index (κ1) is 15.5. The molecule has 4 unspecified atom stereocenters. The molecular formula is C20H26Zr. The van der Waals surface area contributed by atoms with Crippen LogP contribution in [0.25, 0.3) is 0 Å². The minimum Gasteiger partial charge on any atom is -0.106 e. The molecule has 2 fully saturated rings. The summed E-state index contributed by atoms with van der Waals surface area (Å²) < 4.78 is 2.13. The van der Waals surface area contributed by atoms with Gasteiger partial charge in [0, 0.05) is 0 Å². The molecule has 4 aliphatic carbocycles. The van der Waals surface area contributed by atoms with Gasteiger partial charge in [0.25, 0.3) is 0 Å². The first-order valence-corrected chi connectivity index (χ1v) is 11.2. The number of rotatable bonds is 2. The van der Waals surface area contributed by atoms with Gasteiger partial charge in [-0.15, -0.1) is 13.2 Å². The first-order chi connectivity index (χ1) is 10.4. The second kappa shape index (κ2) is 7.23. The topological polar surface area (TPSA) is 0 Å². The molecule has 21 heavy (non-hydrogen) atoms.